The van der Waals surface area contributed by atoms with Crippen LogP contribution in [0.4, 0.5) is 0 Å². The predicted octanol–water partition coefficient (Wildman–Crippen LogP) is -1.97. The van der Waals surface area contributed by atoms with Crippen LogP contribution in [0.2, 0.25) is 0 Å². The van der Waals surface area contributed by atoms with Gasteiger partial charge in [0.25, 0.3) is 0 Å². The van der Waals surface area contributed by atoms with Crippen molar-refractivity contribution in [1.82, 2.24) is 3.53 Å². The van der Waals surface area contributed by atoms with Crippen LogP contribution in [-0.2, 0) is 0 Å². The number of alkyl halides is 2. The average molecular weight is 326 g/mol. The Labute approximate surface area is 69.4 Å². The molecule has 0 saturated carbocycles. The summed E-state index contributed by atoms with van der Waals surface area (Å²) in [4.78, 5) is 0. The van der Waals surface area contributed by atoms with E-state index in [4.69, 9.17) is 0 Å². The first-order chi connectivity index (χ1) is 3.41. The van der Waals surface area contributed by atoms with Gasteiger partial charge in [-0.15, -0.1) is 0 Å². The van der Waals surface area contributed by atoms with Crippen molar-refractivity contribution in [1.29, 1.82) is 0 Å². The van der Waals surface area contributed by atoms with Gasteiger partial charge < -0.3 is 0 Å². The zero-order valence-electron chi connectivity index (χ0n) is 4.38. The van der Waals surface area contributed by atoms with Crippen molar-refractivity contribution >= 4 is 22.9 Å². The molecule has 0 aromatic rings. The fourth-order valence-electron chi connectivity index (χ4n) is 0.236. The third kappa shape index (κ3) is 7.42. The molecule has 1 N–H and O–H groups in total. The van der Waals surface area contributed by atoms with E-state index in [1.807, 2.05) is 0 Å². The predicted molar refractivity (Wildman–Crippen MR) is 37.4 cm³/mol. The van der Waals surface area contributed by atoms with Crippen molar-refractivity contribution < 1.29 is 21.2 Å². The van der Waals surface area contributed by atoms with Gasteiger partial charge in [-0.3, -0.25) is 0 Å². The summed E-state index contributed by atoms with van der Waals surface area (Å²) in [6.45, 7) is 3.47. The summed E-state index contributed by atoms with van der Waals surface area (Å²) in [5, 5.41) is 0. The first-order valence-corrected chi connectivity index (χ1v) is 6.41. The number of hydrogen-bond donors (Lipinski definition) is 1. The first-order valence-electron chi connectivity index (χ1n) is 2.28. The van der Waals surface area contributed by atoms with E-state index in [1.54, 1.807) is 0 Å². The molecule has 46 valence electrons. The molecule has 0 rings (SSSR count). The third-order valence-electron chi connectivity index (χ3n) is 0.512. The second kappa shape index (κ2) is 7.42. The minimum absolute atomic E-state index is 0.554. The van der Waals surface area contributed by atoms with Crippen LogP contribution in [0, 0.1) is 0 Å². The van der Waals surface area contributed by atoms with Gasteiger partial charge in [0, 0.05) is 0 Å². The molecule has 0 bridgehead atoms. The summed E-state index contributed by atoms with van der Waals surface area (Å²) >= 11 is 2.75. The Balaban J connectivity index is 2.45. The Kier molecular flexibility index (Phi) is 8.93. The van der Waals surface area contributed by atoms with Gasteiger partial charge in [0.2, 0.25) is 0 Å². The van der Waals surface area contributed by atoms with E-state index < -0.39 is 0 Å². The summed E-state index contributed by atoms with van der Waals surface area (Å²) in [6, 6.07) is 0. The Morgan fingerprint density at radius 1 is 1.71 bits per heavy atom. The maximum atomic E-state index is 3.10. The SMILES string of the molecule is CC[I-]CCNI. The topological polar surface area (TPSA) is 12.0 Å². The van der Waals surface area contributed by atoms with E-state index >= 15 is 0 Å². The molecule has 3 heteroatoms. The average Bonchev–Trinajstić information content (AvgIpc) is 1.69. The van der Waals surface area contributed by atoms with Crippen LogP contribution in [-0.4, -0.2) is 15.4 Å². The Bertz CT molecular complexity index is 28.9. The molecular weight excluding hydrogens is 316 g/mol. The van der Waals surface area contributed by atoms with Gasteiger partial charge in [0.05, 0.1) is 0 Å². The van der Waals surface area contributed by atoms with Crippen LogP contribution in [0.15, 0.2) is 0 Å². The molecular formula is C4H10I2N-. The Hall–Kier alpha value is 1.42. The van der Waals surface area contributed by atoms with E-state index in [0.29, 0.717) is 21.2 Å². The second-order valence-corrected chi connectivity index (χ2v) is 5.47. The number of halogens is 2. The van der Waals surface area contributed by atoms with Gasteiger partial charge in [-0.25, -0.2) is 0 Å². The van der Waals surface area contributed by atoms with Crippen LogP contribution in [0.25, 0.3) is 0 Å². The van der Waals surface area contributed by atoms with E-state index in [0.717, 1.165) is 0 Å². The van der Waals surface area contributed by atoms with Crippen molar-refractivity contribution in [3.8, 4) is 0 Å². The van der Waals surface area contributed by atoms with Crippen LogP contribution >= 0.6 is 22.9 Å². The summed E-state index contributed by atoms with van der Waals surface area (Å²) in [6.07, 6.45) is 0. The Morgan fingerprint density at radius 3 is 2.86 bits per heavy atom. The van der Waals surface area contributed by atoms with Crippen molar-refractivity contribution in [2.24, 2.45) is 0 Å². The standard InChI is InChI=1S/C4H10I2N/c1-2-6-3-4-7-5/h7H,2-4H2,1H3/q-1. The number of rotatable bonds is 4. The van der Waals surface area contributed by atoms with Gasteiger partial charge in [-0.2, -0.15) is 0 Å². The molecule has 1 nitrogen and oxygen atoms in total. The number of hydrogen-bond acceptors (Lipinski definition) is 1. The Morgan fingerprint density at radius 2 is 2.43 bits per heavy atom. The summed E-state index contributed by atoms with van der Waals surface area (Å²) in [7, 11) is 0. The van der Waals surface area contributed by atoms with E-state index in [9.17, 15) is 0 Å². The third-order valence-corrected chi connectivity index (χ3v) is 3.43. The molecule has 0 saturated heterocycles. The van der Waals surface area contributed by atoms with Gasteiger partial charge >= 0.3 is 69.9 Å². The monoisotopic (exact) mass is 326 g/mol. The molecule has 0 heterocycles. The van der Waals surface area contributed by atoms with E-state index in [2.05, 4.69) is 33.3 Å². The number of nitrogens with one attached hydrogen (secondary N) is 1. The maximum absolute atomic E-state index is 3.10. The fraction of sp³-hybridized carbons (Fsp3) is 1.00. The molecule has 0 fully saturated rings. The van der Waals surface area contributed by atoms with Gasteiger partial charge in [0.15, 0.2) is 0 Å². The van der Waals surface area contributed by atoms with E-state index in [1.165, 1.54) is 15.4 Å². The van der Waals surface area contributed by atoms with Crippen molar-refractivity contribution in [2.75, 3.05) is 15.4 Å². The van der Waals surface area contributed by atoms with Crippen molar-refractivity contribution in [3.05, 3.63) is 0 Å². The van der Waals surface area contributed by atoms with Gasteiger partial charge in [-0.05, 0) is 0 Å². The molecule has 0 aliphatic rings. The first kappa shape index (κ1) is 8.42. The van der Waals surface area contributed by atoms with Crippen LogP contribution in [0.1, 0.15) is 6.92 Å². The van der Waals surface area contributed by atoms with Gasteiger partial charge in [-0.1, -0.05) is 0 Å². The molecule has 0 aliphatic carbocycles. The second-order valence-electron chi connectivity index (χ2n) is 1.03. The van der Waals surface area contributed by atoms with Crippen molar-refractivity contribution in [3.63, 3.8) is 0 Å². The van der Waals surface area contributed by atoms with Crippen LogP contribution in [0.3, 0.4) is 0 Å². The molecule has 0 aromatic heterocycles. The quantitative estimate of drug-likeness (QED) is 0.274. The summed E-state index contributed by atoms with van der Waals surface area (Å²) in [5.41, 5.74) is 0. The summed E-state index contributed by atoms with van der Waals surface area (Å²) < 4.78 is 5.96. The zero-order valence-corrected chi connectivity index (χ0v) is 8.69. The molecule has 0 unspecified atom stereocenters. The fourth-order valence-corrected chi connectivity index (χ4v) is 2.95. The molecule has 0 radical (unpaired) electrons. The molecule has 0 spiro atoms. The molecule has 0 aromatic carbocycles. The normalized spacial score (nSPS) is 10.0. The van der Waals surface area contributed by atoms with Crippen LogP contribution in [0.5, 0.6) is 0 Å². The molecule has 0 aliphatic heterocycles. The van der Waals surface area contributed by atoms with E-state index in [-0.39, 0.29) is 0 Å². The minimum atomic E-state index is 0.554. The molecule has 0 amide bonds. The van der Waals surface area contributed by atoms with Crippen LogP contribution < -0.4 is 24.7 Å². The summed E-state index contributed by atoms with van der Waals surface area (Å²) in [5.74, 6) is 0. The zero-order chi connectivity index (χ0) is 5.54. The van der Waals surface area contributed by atoms with Crippen molar-refractivity contribution in [2.45, 2.75) is 6.92 Å². The molecule has 7 heavy (non-hydrogen) atoms. The van der Waals surface area contributed by atoms with Gasteiger partial charge in [0.1, 0.15) is 0 Å². The molecule has 0 atom stereocenters.